The minimum Gasteiger partial charge on any atom is -0.457 e. The molecule has 0 radical (unpaired) electrons. The van der Waals surface area contributed by atoms with Crippen molar-refractivity contribution in [1.29, 1.82) is 0 Å². The number of nitrogens with one attached hydrogen (secondary N) is 1. The van der Waals surface area contributed by atoms with Gasteiger partial charge in [0.2, 0.25) is 5.95 Å². The molecule has 0 aliphatic carbocycles. The number of hydrogen-bond acceptors (Lipinski definition) is 6. The summed E-state index contributed by atoms with van der Waals surface area (Å²) >= 11 is 3.36. The first-order chi connectivity index (χ1) is 14.9. The minimum absolute atomic E-state index is 0.0618. The lowest BCUT2D eigenvalue weighted by Gasteiger charge is -2.29. The molecule has 1 atom stereocenters. The number of ether oxygens (including phenoxy) is 2. The van der Waals surface area contributed by atoms with Gasteiger partial charge in [0.15, 0.2) is 0 Å². The van der Waals surface area contributed by atoms with Crippen molar-refractivity contribution in [3.05, 3.63) is 81.7 Å². The van der Waals surface area contributed by atoms with E-state index in [0.717, 1.165) is 5.56 Å². The van der Waals surface area contributed by atoms with E-state index in [1.807, 2.05) is 30.3 Å². The number of rotatable bonds is 6. The normalized spacial score (nSPS) is 15.5. The molecule has 0 spiro atoms. The van der Waals surface area contributed by atoms with Crippen molar-refractivity contribution < 1.29 is 23.0 Å². The number of carbonyl (C=O) groups is 1. The predicted molar refractivity (Wildman–Crippen MR) is 111 cm³/mol. The number of halogens is 3. The van der Waals surface area contributed by atoms with Crippen LogP contribution in [0, 0.1) is 0 Å². The Morgan fingerprint density at radius 3 is 2.77 bits per heavy atom. The van der Waals surface area contributed by atoms with E-state index in [0.29, 0.717) is 21.7 Å². The van der Waals surface area contributed by atoms with Crippen LogP contribution >= 0.6 is 15.9 Å². The molecule has 31 heavy (non-hydrogen) atoms. The van der Waals surface area contributed by atoms with Crippen molar-refractivity contribution >= 4 is 27.8 Å². The van der Waals surface area contributed by atoms with Gasteiger partial charge in [0.05, 0.1) is 5.57 Å². The third-order valence-corrected chi connectivity index (χ3v) is 5.20. The molecule has 0 bridgehead atoms. The molecule has 1 aliphatic heterocycles. The molecule has 0 fully saturated rings. The summed E-state index contributed by atoms with van der Waals surface area (Å²) < 4.78 is 38.4. The molecule has 1 aromatic heterocycles. The highest BCUT2D eigenvalue weighted by Crippen LogP contribution is 2.40. The number of fused-ring (bicyclic) bond motifs is 1. The topological polar surface area (TPSA) is 78.3 Å². The first-order valence-corrected chi connectivity index (χ1v) is 10.1. The lowest BCUT2D eigenvalue weighted by molar-refractivity contribution is -0.140. The van der Waals surface area contributed by atoms with E-state index >= 15 is 0 Å². The fraction of sp³-hybridized carbons (Fsp3) is 0.190. The van der Waals surface area contributed by atoms with Gasteiger partial charge in [-0.3, -0.25) is 0 Å². The summed E-state index contributed by atoms with van der Waals surface area (Å²) in [5.41, 5.74) is 1.83. The van der Waals surface area contributed by atoms with Crippen LogP contribution in [-0.4, -0.2) is 27.3 Å². The first-order valence-electron chi connectivity index (χ1n) is 9.26. The zero-order valence-electron chi connectivity index (χ0n) is 16.3. The van der Waals surface area contributed by atoms with E-state index in [2.05, 4.69) is 31.3 Å². The molecule has 2 aromatic carbocycles. The van der Waals surface area contributed by atoms with E-state index in [-0.39, 0.29) is 17.9 Å². The Bertz CT molecular complexity index is 1130. The summed E-state index contributed by atoms with van der Waals surface area (Å²) in [6.07, 6.45) is 1.31. The van der Waals surface area contributed by atoms with Gasteiger partial charge in [0.1, 0.15) is 24.7 Å². The van der Waals surface area contributed by atoms with Gasteiger partial charge in [-0.1, -0.05) is 46.3 Å². The van der Waals surface area contributed by atoms with Crippen LogP contribution in [0.25, 0.3) is 0 Å². The smallest absolute Gasteiger partial charge is 0.387 e. The number of benzene rings is 2. The van der Waals surface area contributed by atoms with Gasteiger partial charge in [-0.15, -0.1) is 0 Å². The lowest BCUT2D eigenvalue weighted by Crippen LogP contribution is -2.30. The zero-order valence-corrected chi connectivity index (χ0v) is 17.8. The maximum absolute atomic E-state index is 13.1. The summed E-state index contributed by atoms with van der Waals surface area (Å²) in [5, 5.41) is 7.20. The third-order valence-electron chi connectivity index (χ3n) is 4.71. The Morgan fingerprint density at radius 1 is 1.26 bits per heavy atom. The summed E-state index contributed by atoms with van der Waals surface area (Å²) in [4.78, 5) is 17.3. The van der Waals surface area contributed by atoms with E-state index in [1.54, 1.807) is 19.1 Å². The first kappa shape index (κ1) is 21.0. The highest BCUT2D eigenvalue weighted by molar-refractivity contribution is 9.10. The second-order valence-electron chi connectivity index (χ2n) is 6.72. The Morgan fingerprint density at radius 2 is 2.03 bits per heavy atom. The van der Waals surface area contributed by atoms with Crippen LogP contribution in [0.1, 0.15) is 24.1 Å². The van der Waals surface area contributed by atoms with Gasteiger partial charge >= 0.3 is 12.6 Å². The van der Waals surface area contributed by atoms with Crippen LogP contribution in [0.3, 0.4) is 0 Å². The van der Waals surface area contributed by atoms with E-state index in [1.165, 1.54) is 17.1 Å². The number of esters is 1. The van der Waals surface area contributed by atoms with Gasteiger partial charge < -0.3 is 14.8 Å². The number of carbonyl (C=O) groups excluding carboxylic acids is 1. The van der Waals surface area contributed by atoms with Crippen LogP contribution in [0.2, 0.25) is 0 Å². The van der Waals surface area contributed by atoms with Crippen molar-refractivity contribution in [3.63, 3.8) is 0 Å². The van der Waals surface area contributed by atoms with Gasteiger partial charge in [-0.25, -0.2) is 9.48 Å². The molecule has 160 valence electrons. The quantitative estimate of drug-likeness (QED) is 0.505. The molecule has 1 N–H and O–H groups in total. The number of allylic oxidation sites excluding steroid dienone is 1. The fourth-order valence-electron chi connectivity index (χ4n) is 3.38. The molecule has 0 saturated heterocycles. The van der Waals surface area contributed by atoms with E-state index in [4.69, 9.17) is 9.47 Å². The Labute approximate surface area is 184 Å². The van der Waals surface area contributed by atoms with Crippen LogP contribution < -0.4 is 10.1 Å². The molecule has 2 heterocycles. The highest BCUT2D eigenvalue weighted by Gasteiger charge is 2.36. The minimum atomic E-state index is -3.03. The second-order valence-corrected chi connectivity index (χ2v) is 7.63. The highest BCUT2D eigenvalue weighted by atomic mass is 79.9. The average molecular weight is 491 g/mol. The molecular formula is C21H17BrF2N4O3. The van der Waals surface area contributed by atoms with Gasteiger partial charge in [0.25, 0.3) is 0 Å². The van der Waals surface area contributed by atoms with E-state index in [9.17, 15) is 13.6 Å². The van der Waals surface area contributed by atoms with E-state index < -0.39 is 18.6 Å². The van der Waals surface area contributed by atoms with Gasteiger partial charge in [-0.2, -0.15) is 18.9 Å². The molecule has 10 heteroatoms. The van der Waals surface area contributed by atoms with Crippen molar-refractivity contribution in [2.24, 2.45) is 0 Å². The SMILES string of the molecule is CC1=C(C(=O)OCc2ccccc2)[C@@H](c2cc(Br)ccc2OC(F)F)n2ncnc2N1. The molecule has 1 aliphatic rings. The van der Waals surface area contributed by atoms with Crippen molar-refractivity contribution in [1.82, 2.24) is 14.8 Å². The zero-order chi connectivity index (χ0) is 22.0. The number of alkyl halides is 2. The summed E-state index contributed by atoms with van der Waals surface area (Å²) in [6.45, 7) is -1.28. The van der Waals surface area contributed by atoms with Crippen LogP contribution in [-0.2, 0) is 16.1 Å². The largest absolute Gasteiger partial charge is 0.457 e. The summed E-state index contributed by atoms with van der Waals surface area (Å²) in [6, 6.07) is 12.9. The molecular weight excluding hydrogens is 474 g/mol. The Hall–Kier alpha value is -3.27. The molecule has 7 nitrogen and oxygen atoms in total. The van der Waals surface area contributed by atoms with Crippen LogP contribution in [0.15, 0.2) is 70.6 Å². The monoisotopic (exact) mass is 490 g/mol. The molecule has 3 aromatic rings. The molecule has 0 amide bonds. The molecule has 0 saturated carbocycles. The van der Waals surface area contributed by atoms with Crippen molar-refractivity contribution in [2.45, 2.75) is 26.2 Å². The van der Waals surface area contributed by atoms with Crippen LogP contribution in [0.4, 0.5) is 14.7 Å². The maximum atomic E-state index is 13.1. The number of hydrogen-bond donors (Lipinski definition) is 1. The standard InChI is InChI=1S/C21H17BrF2N4O3/c1-12-17(19(29)30-10-13-5-3-2-4-6-13)18(28-21(27-12)25-11-26-28)15-9-14(22)7-8-16(15)31-20(23)24/h2-9,11,18,20H,10H2,1H3,(H,25,26,27)/t18-/m1/s1. The maximum Gasteiger partial charge on any atom is 0.387 e. The molecule has 4 rings (SSSR count). The predicted octanol–water partition coefficient (Wildman–Crippen LogP) is 4.67. The molecule has 0 unspecified atom stereocenters. The Kier molecular flexibility index (Phi) is 5.99. The second kappa shape index (κ2) is 8.84. The fourth-order valence-corrected chi connectivity index (χ4v) is 3.76. The third kappa shape index (κ3) is 4.43. The summed E-state index contributed by atoms with van der Waals surface area (Å²) in [7, 11) is 0. The average Bonchev–Trinajstić information content (AvgIpc) is 3.21. The number of anilines is 1. The Balaban J connectivity index is 1.75. The summed E-state index contributed by atoms with van der Waals surface area (Å²) in [5.74, 6) is -0.319. The number of nitrogens with zero attached hydrogens (tertiary/aromatic N) is 3. The number of aromatic nitrogens is 3. The van der Waals surface area contributed by atoms with Crippen molar-refractivity contribution in [3.8, 4) is 5.75 Å². The van der Waals surface area contributed by atoms with Crippen molar-refractivity contribution in [2.75, 3.05) is 5.32 Å². The van der Waals surface area contributed by atoms with Crippen LogP contribution in [0.5, 0.6) is 5.75 Å². The van der Waals surface area contributed by atoms with Gasteiger partial charge in [0, 0.05) is 15.7 Å². The van der Waals surface area contributed by atoms with Gasteiger partial charge in [-0.05, 0) is 30.7 Å². The lowest BCUT2D eigenvalue weighted by atomic mass is 9.95.